The molecular formula is C28H35N3O. The second-order valence-electron chi connectivity index (χ2n) is 10.1. The molecule has 3 atom stereocenters. The highest BCUT2D eigenvalue weighted by Gasteiger charge is 2.41. The van der Waals surface area contributed by atoms with Crippen LogP contribution in [0.25, 0.3) is 0 Å². The first kappa shape index (κ1) is 21.4. The van der Waals surface area contributed by atoms with Gasteiger partial charge < -0.3 is 4.90 Å². The molecule has 32 heavy (non-hydrogen) atoms. The van der Waals surface area contributed by atoms with Gasteiger partial charge >= 0.3 is 0 Å². The van der Waals surface area contributed by atoms with Crippen LogP contribution >= 0.6 is 0 Å². The molecule has 0 unspecified atom stereocenters. The molecule has 1 aromatic carbocycles. The third-order valence-electron chi connectivity index (χ3n) is 7.84. The van der Waals surface area contributed by atoms with E-state index in [2.05, 4.69) is 64.2 Å². The molecule has 168 valence electrons. The van der Waals surface area contributed by atoms with Gasteiger partial charge in [0.2, 0.25) is 5.91 Å². The molecule has 2 aliphatic carbocycles. The van der Waals surface area contributed by atoms with Crippen molar-refractivity contribution in [3.63, 3.8) is 0 Å². The van der Waals surface area contributed by atoms with Crippen molar-refractivity contribution in [2.24, 2.45) is 23.7 Å². The van der Waals surface area contributed by atoms with Gasteiger partial charge in [-0.05, 0) is 86.2 Å². The van der Waals surface area contributed by atoms with E-state index in [1.54, 1.807) is 6.20 Å². The Morgan fingerprint density at radius 2 is 1.94 bits per heavy atom. The molecule has 2 heterocycles. The molecule has 5 rings (SSSR count). The zero-order valence-corrected chi connectivity index (χ0v) is 19.2. The van der Waals surface area contributed by atoms with Gasteiger partial charge in [0, 0.05) is 37.9 Å². The molecule has 1 aliphatic heterocycles. The van der Waals surface area contributed by atoms with E-state index < -0.39 is 0 Å². The Bertz CT molecular complexity index is 948. The number of piperidine rings is 1. The number of hydrogen-bond donors (Lipinski definition) is 0. The minimum absolute atomic E-state index is 0.183. The van der Waals surface area contributed by atoms with Crippen molar-refractivity contribution in [2.75, 3.05) is 19.6 Å². The summed E-state index contributed by atoms with van der Waals surface area (Å²) in [7, 11) is 0. The fraction of sp³-hybridized carbons (Fsp3) is 0.500. The lowest BCUT2D eigenvalue weighted by molar-refractivity contribution is -0.138. The van der Waals surface area contributed by atoms with Crippen molar-refractivity contribution in [1.82, 2.24) is 14.8 Å². The minimum Gasteiger partial charge on any atom is -0.338 e. The molecule has 0 spiro atoms. The number of nitrogens with zero attached hydrogens (tertiary/aromatic N) is 3. The summed E-state index contributed by atoms with van der Waals surface area (Å²) in [6.45, 7) is 7.04. The Morgan fingerprint density at radius 3 is 2.62 bits per heavy atom. The van der Waals surface area contributed by atoms with Crippen molar-refractivity contribution < 1.29 is 4.79 Å². The minimum atomic E-state index is 0.183. The van der Waals surface area contributed by atoms with Gasteiger partial charge in [0.1, 0.15) is 0 Å². The predicted octanol–water partition coefficient (Wildman–Crippen LogP) is 4.84. The molecule has 1 aromatic heterocycles. The molecule has 2 aromatic rings. The Kier molecular flexibility index (Phi) is 6.40. The van der Waals surface area contributed by atoms with Crippen LogP contribution in [0.4, 0.5) is 0 Å². The number of fused-ring (bicyclic) bond motifs is 2. The van der Waals surface area contributed by atoms with E-state index in [-0.39, 0.29) is 5.92 Å². The number of benzene rings is 1. The number of carbonyl (C=O) groups excluding carboxylic acids is 1. The number of amides is 1. The smallest absolute Gasteiger partial charge is 0.226 e. The summed E-state index contributed by atoms with van der Waals surface area (Å²) in [5.74, 6) is 2.22. The monoisotopic (exact) mass is 429 g/mol. The fourth-order valence-corrected chi connectivity index (χ4v) is 5.91. The first-order valence-electron chi connectivity index (χ1n) is 12.3. The quantitative estimate of drug-likeness (QED) is 0.591. The van der Waals surface area contributed by atoms with Gasteiger partial charge in [0.05, 0.1) is 0 Å². The molecule has 0 radical (unpaired) electrons. The van der Waals surface area contributed by atoms with E-state index in [4.69, 9.17) is 0 Å². The predicted molar refractivity (Wildman–Crippen MR) is 128 cm³/mol. The first-order chi connectivity index (χ1) is 15.7. The highest BCUT2D eigenvalue weighted by atomic mass is 16.2. The highest BCUT2D eigenvalue weighted by molar-refractivity contribution is 5.80. The van der Waals surface area contributed by atoms with Crippen LogP contribution in [0.5, 0.6) is 0 Å². The van der Waals surface area contributed by atoms with Gasteiger partial charge in [-0.15, -0.1) is 0 Å². The van der Waals surface area contributed by atoms with Crippen LogP contribution in [0.15, 0.2) is 60.9 Å². The van der Waals surface area contributed by atoms with Crippen molar-refractivity contribution in [3.05, 3.63) is 77.6 Å². The average molecular weight is 430 g/mol. The van der Waals surface area contributed by atoms with E-state index in [1.165, 1.54) is 30.4 Å². The van der Waals surface area contributed by atoms with Crippen LogP contribution in [-0.4, -0.2) is 40.3 Å². The molecular weight excluding hydrogens is 394 g/mol. The maximum atomic E-state index is 13.6. The van der Waals surface area contributed by atoms with Crippen LogP contribution in [-0.2, 0) is 17.9 Å². The van der Waals surface area contributed by atoms with Crippen LogP contribution in [0.3, 0.4) is 0 Å². The van der Waals surface area contributed by atoms with Gasteiger partial charge in [-0.25, -0.2) is 0 Å². The van der Waals surface area contributed by atoms with Crippen LogP contribution in [0.2, 0.25) is 0 Å². The number of hydrogen-bond acceptors (Lipinski definition) is 3. The summed E-state index contributed by atoms with van der Waals surface area (Å²) in [4.78, 5) is 22.6. The molecule has 4 heteroatoms. The van der Waals surface area contributed by atoms with E-state index in [1.807, 2.05) is 12.3 Å². The molecule has 1 saturated carbocycles. The SMILES string of the molecule is Cc1ccccc1CN1CCC(CN(Cc2cccnc2)C(=O)[C@H]2C[C@@H]3C=C[C@H]2C3)CC1. The van der Waals surface area contributed by atoms with Gasteiger partial charge in [-0.3, -0.25) is 14.7 Å². The summed E-state index contributed by atoms with van der Waals surface area (Å²) in [5.41, 5.74) is 3.95. The van der Waals surface area contributed by atoms with E-state index >= 15 is 0 Å². The standard InChI is InChI=1S/C28H35N3O/c1-21-5-2-3-7-26(21)20-30-13-10-22(11-14-30)18-31(19-24-6-4-12-29-17-24)28(32)27-16-23-8-9-25(27)15-23/h2-9,12,17,22-23,25,27H,10-11,13-16,18-20H2,1H3/t23-,25+,27+/m1/s1. The average Bonchev–Trinajstić information content (AvgIpc) is 3.45. The Morgan fingerprint density at radius 1 is 1.09 bits per heavy atom. The van der Waals surface area contributed by atoms with Gasteiger partial charge in [-0.2, -0.15) is 0 Å². The van der Waals surface area contributed by atoms with E-state index in [9.17, 15) is 4.79 Å². The number of likely N-dealkylation sites (tertiary alicyclic amines) is 1. The third kappa shape index (κ3) is 4.80. The molecule has 2 bridgehead atoms. The first-order valence-corrected chi connectivity index (χ1v) is 12.3. The molecule has 1 amide bonds. The summed E-state index contributed by atoms with van der Waals surface area (Å²) in [5, 5.41) is 0. The van der Waals surface area contributed by atoms with Gasteiger partial charge in [0.25, 0.3) is 0 Å². The lowest BCUT2D eigenvalue weighted by Gasteiger charge is -2.36. The number of aromatic nitrogens is 1. The Balaban J connectivity index is 1.21. The lowest BCUT2D eigenvalue weighted by Crippen LogP contribution is -2.43. The Hall–Kier alpha value is -2.46. The summed E-state index contributed by atoms with van der Waals surface area (Å²) in [6.07, 6.45) is 12.9. The lowest BCUT2D eigenvalue weighted by atomic mass is 9.90. The molecule has 4 nitrogen and oxygen atoms in total. The summed E-state index contributed by atoms with van der Waals surface area (Å²) >= 11 is 0. The van der Waals surface area contributed by atoms with Crippen molar-refractivity contribution >= 4 is 5.91 Å². The normalized spacial score (nSPS) is 25.3. The Labute approximate surface area is 192 Å². The molecule has 1 saturated heterocycles. The number of rotatable bonds is 7. The number of aryl methyl sites for hydroxylation is 1. The zero-order chi connectivity index (χ0) is 21.9. The maximum Gasteiger partial charge on any atom is 0.226 e. The van der Waals surface area contributed by atoms with Gasteiger partial charge in [-0.1, -0.05) is 42.5 Å². The van der Waals surface area contributed by atoms with Crippen LogP contribution in [0.1, 0.15) is 42.4 Å². The van der Waals surface area contributed by atoms with E-state index in [0.717, 1.165) is 38.2 Å². The third-order valence-corrected chi connectivity index (χ3v) is 7.84. The topological polar surface area (TPSA) is 36.4 Å². The van der Waals surface area contributed by atoms with Crippen molar-refractivity contribution in [1.29, 1.82) is 0 Å². The number of carbonyl (C=O) groups is 1. The largest absolute Gasteiger partial charge is 0.338 e. The maximum absolute atomic E-state index is 13.6. The number of allylic oxidation sites excluding steroid dienone is 2. The highest BCUT2D eigenvalue weighted by Crippen LogP contribution is 2.44. The van der Waals surface area contributed by atoms with Crippen LogP contribution < -0.4 is 0 Å². The van der Waals surface area contributed by atoms with Crippen molar-refractivity contribution in [2.45, 2.75) is 45.7 Å². The zero-order valence-electron chi connectivity index (χ0n) is 19.2. The second-order valence-corrected chi connectivity index (χ2v) is 10.1. The van der Waals surface area contributed by atoms with Crippen molar-refractivity contribution in [3.8, 4) is 0 Å². The van der Waals surface area contributed by atoms with Gasteiger partial charge in [0.15, 0.2) is 0 Å². The molecule has 3 aliphatic rings. The summed E-state index contributed by atoms with van der Waals surface area (Å²) < 4.78 is 0. The fourth-order valence-electron chi connectivity index (χ4n) is 5.91. The number of pyridine rings is 1. The molecule has 0 N–H and O–H groups in total. The van der Waals surface area contributed by atoms with Crippen LogP contribution in [0, 0.1) is 30.6 Å². The van der Waals surface area contributed by atoms with E-state index in [0.29, 0.717) is 30.2 Å². The molecule has 2 fully saturated rings. The second kappa shape index (κ2) is 9.58. The summed E-state index contributed by atoms with van der Waals surface area (Å²) in [6, 6.07) is 12.8.